The van der Waals surface area contributed by atoms with Crippen LogP contribution in [0.25, 0.3) is 11.1 Å². The topological polar surface area (TPSA) is 121 Å². The molecule has 210 valence electrons. The van der Waals surface area contributed by atoms with Gasteiger partial charge in [0, 0.05) is 6.42 Å². The van der Waals surface area contributed by atoms with Crippen LogP contribution in [0.4, 0.5) is 13.2 Å². The molecule has 0 spiro atoms. The average molecular weight is 556 g/mol. The van der Waals surface area contributed by atoms with Crippen LogP contribution in [0.2, 0.25) is 0 Å². The minimum atomic E-state index is -4.50. The van der Waals surface area contributed by atoms with Gasteiger partial charge in [0.05, 0.1) is 29.6 Å². The van der Waals surface area contributed by atoms with Crippen LogP contribution in [0.15, 0.2) is 36.4 Å². The monoisotopic (exact) mass is 555 g/mol. The summed E-state index contributed by atoms with van der Waals surface area (Å²) in [6.07, 6.45) is -2.62. The van der Waals surface area contributed by atoms with Crippen molar-refractivity contribution in [2.24, 2.45) is 35.3 Å². The predicted molar refractivity (Wildman–Crippen MR) is 136 cm³/mol. The van der Waals surface area contributed by atoms with Crippen molar-refractivity contribution in [2.75, 3.05) is 6.61 Å². The first kappa shape index (κ1) is 27.7. The fraction of sp³-hybridized carbons (Fsp3) is 0.433. The van der Waals surface area contributed by atoms with Crippen molar-refractivity contribution in [2.45, 2.75) is 45.2 Å². The maximum Gasteiger partial charge on any atom is 0.416 e. The van der Waals surface area contributed by atoms with Gasteiger partial charge in [-0.25, -0.2) is 0 Å². The Labute approximate surface area is 228 Å². The lowest BCUT2D eigenvalue weighted by atomic mass is 9.56. The molecule has 2 N–H and O–H groups in total. The Morgan fingerprint density at radius 1 is 0.950 bits per heavy atom. The van der Waals surface area contributed by atoms with E-state index in [0.29, 0.717) is 23.3 Å². The van der Waals surface area contributed by atoms with E-state index in [2.05, 4.69) is 0 Å². The summed E-state index contributed by atoms with van der Waals surface area (Å²) < 4.78 is 45.4. The van der Waals surface area contributed by atoms with Gasteiger partial charge in [-0.1, -0.05) is 31.5 Å². The highest BCUT2D eigenvalue weighted by molar-refractivity contribution is 6.27. The van der Waals surface area contributed by atoms with Gasteiger partial charge in [-0.3, -0.25) is 24.0 Å². The number of halogens is 3. The zero-order valence-corrected chi connectivity index (χ0v) is 21.8. The molecule has 7 nitrogen and oxygen atoms in total. The van der Waals surface area contributed by atoms with Crippen molar-refractivity contribution in [3.63, 3.8) is 0 Å². The van der Waals surface area contributed by atoms with Gasteiger partial charge in [0.2, 0.25) is 5.91 Å². The lowest BCUT2D eigenvalue weighted by Gasteiger charge is -2.44. The lowest BCUT2D eigenvalue weighted by Crippen LogP contribution is -2.56. The van der Waals surface area contributed by atoms with Crippen molar-refractivity contribution in [3.8, 4) is 16.9 Å². The van der Waals surface area contributed by atoms with Gasteiger partial charge < -0.3 is 10.5 Å². The first-order valence-electron chi connectivity index (χ1n) is 13.3. The summed E-state index contributed by atoms with van der Waals surface area (Å²) in [6, 6.07) is 7.93. The molecule has 5 rings (SSSR count). The van der Waals surface area contributed by atoms with Gasteiger partial charge >= 0.3 is 6.18 Å². The maximum atomic E-state index is 14.0. The second-order valence-corrected chi connectivity index (χ2v) is 10.8. The van der Waals surface area contributed by atoms with E-state index in [9.17, 15) is 37.1 Å². The molecule has 3 aliphatic rings. The summed E-state index contributed by atoms with van der Waals surface area (Å²) in [5.74, 6) is -8.68. The maximum absolute atomic E-state index is 14.0. The fourth-order valence-electron chi connectivity index (χ4n) is 6.53. The van der Waals surface area contributed by atoms with Crippen molar-refractivity contribution >= 4 is 29.0 Å². The number of ether oxygens (including phenoxy) is 1. The van der Waals surface area contributed by atoms with E-state index in [1.165, 1.54) is 12.1 Å². The molecule has 2 saturated carbocycles. The van der Waals surface area contributed by atoms with E-state index in [4.69, 9.17) is 10.5 Å². The molecular weight excluding hydrogens is 527 g/mol. The number of unbranched alkanes of at least 4 members (excludes halogenated alkanes) is 1. The van der Waals surface area contributed by atoms with Crippen LogP contribution in [-0.4, -0.2) is 35.6 Å². The molecule has 0 bridgehead atoms. The SMILES string of the molecule is CCCCOc1ccc(-c2ccc(C(F)(F)F)cc2)c2c1C(=O)C1C(=O)C3C(=O)C(C(N)=O)C(=O)CC3CC1C2. The zero-order valence-electron chi connectivity index (χ0n) is 21.8. The largest absolute Gasteiger partial charge is 0.493 e. The number of ketones is 4. The third-order valence-corrected chi connectivity index (χ3v) is 8.37. The fourth-order valence-corrected chi connectivity index (χ4v) is 6.53. The van der Waals surface area contributed by atoms with Crippen molar-refractivity contribution in [1.82, 2.24) is 0 Å². The molecule has 3 aliphatic carbocycles. The van der Waals surface area contributed by atoms with Crippen LogP contribution in [0, 0.1) is 29.6 Å². The summed E-state index contributed by atoms with van der Waals surface area (Å²) in [5.41, 5.74) is 6.26. The molecule has 1 amide bonds. The average Bonchev–Trinajstić information content (AvgIpc) is 2.87. The molecule has 40 heavy (non-hydrogen) atoms. The number of hydrogen-bond acceptors (Lipinski definition) is 6. The minimum Gasteiger partial charge on any atom is -0.493 e. The molecular formula is C30H28F3NO6. The highest BCUT2D eigenvalue weighted by Crippen LogP contribution is 2.50. The highest BCUT2D eigenvalue weighted by Gasteiger charge is 2.57. The first-order valence-corrected chi connectivity index (χ1v) is 13.3. The molecule has 0 aliphatic heterocycles. The Kier molecular flexibility index (Phi) is 7.14. The van der Waals surface area contributed by atoms with Gasteiger partial charge in [0.1, 0.15) is 5.75 Å². The molecule has 2 fully saturated rings. The number of carbonyl (C=O) groups is 5. The number of carbonyl (C=O) groups excluding carboxylic acids is 5. The summed E-state index contributed by atoms with van der Waals surface area (Å²) in [7, 11) is 0. The molecule has 0 saturated heterocycles. The molecule has 0 heterocycles. The zero-order chi connectivity index (χ0) is 28.9. The first-order chi connectivity index (χ1) is 18.9. The number of fused-ring (bicyclic) bond motifs is 3. The second-order valence-electron chi connectivity index (χ2n) is 10.8. The number of Topliss-reactive ketones (excluding diaryl/α,β-unsaturated/α-hetero) is 4. The minimum absolute atomic E-state index is 0.161. The smallest absolute Gasteiger partial charge is 0.416 e. The molecule has 10 heteroatoms. The number of rotatable bonds is 6. The molecule has 0 radical (unpaired) electrons. The Morgan fingerprint density at radius 2 is 1.62 bits per heavy atom. The molecule has 5 unspecified atom stereocenters. The van der Waals surface area contributed by atoms with E-state index in [1.54, 1.807) is 12.1 Å². The predicted octanol–water partition coefficient (Wildman–Crippen LogP) is 4.37. The lowest BCUT2D eigenvalue weighted by molar-refractivity contribution is -0.153. The number of benzene rings is 2. The van der Waals surface area contributed by atoms with Gasteiger partial charge in [0.15, 0.2) is 29.1 Å². The Morgan fingerprint density at radius 3 is 2.25 bits per heavy atom. The number of amides is 1. The molecule has 5 atom stereocenters. The van der Waals surface area contributed by atoms with Crippen LogP contribution in [0.1, 0.15) is 54.1 Å². The van der Waals surface area contributed by atoms with E-state index in [0.717, 1.165) is 25.0 Å². The van der Waals surface area contributed by atoms with Crippen molar-refractivity contribution < 1.29 is 41.9 Å². The summed E-state index contributed by atoms with van der Waals surface area (Å²) in [5, 5.41) is 0. The van der Waals surface area contributed by atoms with Gasteiger partial charge in [-0.2, -0.15) is 13.2 Å². The Bertz CT molecular complexity index is 1410. The standard InChI is InChI=1S/C30H28F3NO6/c1-2-3-10-40-21-9-8-18(14-4-6-17(7-5-14)30(31,32)33)19-12-15-11-16-13-20(35)25(29(34)39)28(38)23(16)26(36)22(15)27(37)24(19)21/h4-9,15-16,22-23,25H,2-3,10-13H2,1H3,(H2,34,39). The third-order valence-electron chi connectivity index (χ3n) is 8.37. The normalized spacial score (nSPS) is 26.1. The third kappa shape index (κ3) is 4.63. The summed E-state index contributed by atoms with van der Waals surface area (Å²) in [6.45, 7) is 2.30. The van der Waals surface area contributed by atoms with Gasteiger partial charge in [-0.15, -0.1) is 0 Å². The second kappa shape index (κ2) is 10.3. The van der Waals surface area contributed by atoms with E-state index < -0.39 is 70.4 Å². The van der Waals surface area contributed by atoms with Crippen LogP contribution in [0.3, 0.4) is 0 Å². The number of primary amides is 1. The molecule has 2 aromatic rings. The quantitative estimate of drug-likeness (QED) is 0.418. The van der Waals surface area contributed by atoms with Crippen molar-refractivity contribution in [1.29, 1.82) is 0 Å². The van der Waals surface area contributed by atoms with Gasteiger partial charge in [0.25, 0.3) is 0 Å². The number of hydrogen-bond donors (Lipinski definition) is 1. The van der Waals surface area contributed by atoms with Crippen LogP contribution < -0.4 is 10.5 Å². The van der Waals surface area contributed by atoms with Crippen LogP contribution in [-0.2, 0) is 31.8 Å². The molecule has 2 aromatic carbocycles. The summed E-state index contributed by atoms with van der Waals surface area (Å²) >= 11 is 0. The van der Waals surface area contributed by atoms with E-state index in [1.807, 2.05) is 6.92 Å². The Balaban J connectivity index is 1.58. The molecule has 0 aromatic heterocycles. The van der Waals surface area contributed by atoms with Crippen LogP contribution >= 0.6 is 0 Å². The van der Waals surface area contributed by atoms with Crippen molar-refractivity contribution in [3.05, 3.63) is 53.1 Å². The van der Waals surface area contributed by atoms with E-state index in [-0.39, 0.29) is 30.6 Å². The van der Waals surface area contributed by atoms with Gasteiger partial charge in [-0.05, 0) is 66.0 Å². The van der Waals surface area contributed by atoms with E-state index >= 15 is 0 Å². The number of alkyl halides is 3. The Hall–Kier alpha value is -3.82. The van der Waals surface area contributed by atoms with Crippen LogP contribution in [0.5, 0.6) is 5.75 Å². The number of nitrogens with two attached hydrogens (primary N) is 1. The highest BCUT2D eigenvalue weighted by atomic mass is 19.4. The summed E-state index contributed by atoms with van der Waals surface area (Å²) in [4.78, 5) is 65.1.